The lowest BCUT2D eigenvalue weighted by Crippen LogP contribution is -2.33. The Kier molecular flexibility index (Phi) is 3.32. The molecule has 0 spiro atoms. The molecule has 2 aliphatic rings. The smallest absolute Gasteiger partial charge is 0.324 e. The summed E-state index contributed by atoms with van der Waals surface area (Å²) in [6.45, 7) is 0. The SMILES string of the molecule is COC(=O)C(C1CC1)S(=O)(=O)c1ccc2c(c1)CCC2. The van der Waals surface area contributed by atoms with Crippen LogP contribution in [-0.4, -0.2) is 26.7 Å². The van der Waals surface area contributed by atoms with Crippen LogP contribution in [0.15, 0.2) is 23.1 Å². The Balaban J connectivity index is 2.00. The number of aryl methyl sites for hydroxylation is 2. The molecular weight excluding hydrogens is 276 g/mol. The second kappa shape index (κ2) is 4.88. The highest BCUT2D eigenvalue weighted by Gasteiger charge is 2.46. The molecule has 1 atom stereocenters. The minimum Gasteiger partial charge on any atom is -0.468 e. The normalized spacial score (nSPS) is 19.4. The number of hydrogen-bond acceptors (Lipinski definition) is 4. The van der Waals surface area contributed by atoms with Crippen molar-refractivity contribution in [3.63, 3.8) is 0 Å². The molecule has 0 radical (unpaired) electrons. The Bertz CT molecular complexity index is 644. The van der Waals surface area contributed by atoms with E-state index < -0.39 is 21.1 Å². The maximum absolute atomic E-state index is 12.7. The molecule has 1 unspecified atom stereocenters. The van der Waals surface area contributed by atoms with E-state index in [0.717, 1.165) is 37.7 Å². The molecule has 1 aromatic carbocycles. The van der Waals surface area contributed by atoms with Gasteiger partial charge in [-0.2, -0.15) is 0 Å². The number of ether oxygens (including phenoxy) is 1. The molecule has 0 bridgehead atoms. The molecule has 0 aromatic heterocycles. The third-order valence-electron chi connectivity index (χ3n) is 4.22. The summed E-state index contributed by atoms with van der Waals surface area (Å²) in [6.07, 6.45) is 4.57. The maximum Gasteiger partial charge on any atom is 0.324 e. The summed E-state index contributed by atoms with van der Waals surface area (Å²) in [4.78, 5) is 12.1. The van der Waals surface area contributed by atoms with Crippen LogP contribution < -0.4 is 0 Å². The number of carbonyl (C=O) groups excluding carboxylic acids is 1. The molecule has 5 heteroatoms. The minimum atomic E-state index is -3.65. The van der Waals surface area contributed by atoms with Gasteiger partial charge in [-0.15, -0.1) is 0 Å². The van der Waals surface area contributed by atoms with Crippen molar-refractivity contribution in [2.45, 2.75) is 42.2 Å². The van der Waals surface area contributed by atoms with Crippen LogP contribution in [0.3, 0.4) is 0 Å². The van der Waals surface area contributed by atoms with Gasteiger partial charge in [0.1, 0.15) is 0 Å². The molecule has 0 aliphatic heterocycles. The summed E-state index contributed by atoms with van der Waals surface area (Å²) >= 11 is 0. The lowest BCUT2D eigenvalue weighted by Gasteiger charge is -2.15. The first-order valence-electron chi connectivity index (χ1n) is 6.97. The Morgan fingerprint density at radius 2 is 1.95 bits per heavy atom. The first kappa shape index (κ1) is 13.6. The highest BCUT2D eigenvalue weighted by atomic mass is 32.2. The van der Waals surface area contributed by atoms with Gasteiger partial charge in [-0.1, -0.05) is 6.07 Å². The van der Waals surface area contributed by atoms with Crippen LogP contribution in [0.4, 0.5) is 0 Å². The van der Waals surface area contributed by atoms with E-state index in [9.17, 15) is 13.2 Å². The van der Waals surface area contributed by atoms with E-state index >= 15 is 0 Å². The Labute approximate surface area is 119 Å². The fraction of sp³-hybridized carbons (Fsp3) is 0.533. The molecule has 1 saturated carbocycles. The van der Waals surface area contributed by atoms with Crippen LogP contribution in [0.2, 0.25) is 0 Å². The zero-order valence-electron chi connectivity index (χ0n) is 11.5. The van der Waals surface area contributed by atoms with Crippen molar-refractivity contribution >= 4 is 15.8 Å². The number of methoxy groups -OCH3 is 1. The monoisotopic (exact) mass is 294 g/mol. The third-order valence-corrected chi connectivity index (χ3v) is 6.37. The van der Waals surface area contributed by atoms with Crippen LogP contribution in [0, 0.1) is 5.92 Å². The number of hydrogen-bond donors (Lipinski definition) is 0. The predicted octanol–water partition coefficient (Wildman–Crippen LogP) is 1.90. The summed E-state index contributed by atoms with van der Waals surface area (Å²) in [5, 5.41) is -1.04. The molecule has 0 saturated heterocycles. The largest absolute Gasteiger partial charge is 0.468 e. The van der Waals surface area contributed by atoms with Gasteiger partial charge in [0.15, 0.2) is 15.1 Å². The molecular formula is C15H18O4S. The standard InChI is InChI=1S/C15H18O4S/c1-19-15(16)14(11-5-6-11)20(17,18)13-8-7-10-3-2-4-12(10)9-13/h7-9,11,14H,2-6H2,1H3. The zero-order chi connectivity index (χ0) is 14.3. The number of fused-ring (bicyclic) bond motifs is 1. The average Bonchev–Trinajstić information content (AvgIpc) is 3.13. The topological polar surface area (TPSA) is 60.4 Å². The first-order valence-corrected chi connectivity index (χ1v) is 8.52. The molecule has 108 valence electrons. The van der Waals surface area contributed by atoms with Gasteiger partial charge in [0.25, 0.3) is 0 Å². The van der Waals surface area contributed by atoms with Gasteiger partial charge in [0, 0.05) is 0 Å². The summed E-state index contributed by atoms with van der Waals surface area (Å²) < 4.78 is 30.1. The van der Waals surface area contributed by atoms with E-state index in [0.29, 0.717) is 0 Å². The van der Waals surface area contributed by atoms with Crippen molar-refractivity contribution in [1.82, 2.24) is 0 Å². The Morgan fingerprint density at radius 1 is 1.25 bits per heavy atom. The van der Waals surface area contributed by atoms with E-state index in [1.807, 2.05) is 6.07 Å². The van der Waals surface area contributed by atoms with Gasteiger partial charge < -0.3 is 4.74 Å². The average molecular weight is 294 g/mol. The Morgan fingerprint density at radius 3 is 2.60 bits per heavy atom. The second-order valence-electron chi connectivity index (χ2n) is 5.61. The molecule has 20 heavy (non-hydrogen) atoms. The molecule has 1 aromatic rings. The van der Waals surface area contributed by atoms with Gasteiger partial charge in [-0.05, 0) is 61.3 Å². The minimum absolute atomic E-state index is 0.0827. The number of carbonyl (C=O) groups is 1. The van der Waals surface area contributed by atoms with Crippen molar-refractivity contribution in [1.29, 1.82) is 0 Å². The zero-order valence-corrected chi connectivity index (χ0v) is 12.3. The highest BCUT2D eigenvalue weighted by molar-refractivity contribution is 7.92. The van der Waals surface area contributed by atoms with Crippen LogP contribution in [0.5, 0.6) is 0 Å². The molecule has 2 aliphatic carbocycles. The molecule has 1 fully saturated rings. The van der Waals surface area contributed by atoms with E-state index in [2.05, 4.69) is 0 Å². The lowest BCUT2D eigenvalue weighted by molar-refractivity contribution is -0.140. The van der Waals surface area contributed by atoms with Crippen LogP contribution in [-0.2, 0) is 32.2 Å². The Hall–Kier alpha value is -1.36. The van der Waals surface area contributed by atoms with E-state index in [4.69, 9.17) is 4.74 Å². The second-order valence-corrected chi connectivity index (χ2v) is 7.68. The number of rotatable bonds is 4. The van der Waals surface area contributed by atoms with Crippen molar-refractivity contribution in [2.24, 2.45) is 5.92 Å². The van der Waals surface area contributed by atoms with Gasteiger partial charge in [-0.25, -0.2) is 8.42 Å². The van der Waals surface area contributed by atoms with Crippen molar-refractivity contribution in [3.05, 3.63) is 29.3 Å². The summed E-state index contributed by atoms with van der Waals surface area (Å²) in [6, 6.07) is 5.27. The molecule has 0 N–H and O–H groups in total. The van der Waals surface area contributed by atoms with Crippen molar-refractivity contribution < 1.29 is 17.9 Å². The predicted molar refractivity (Wildman–Crippen MR) is 74.2 cm³/mol. The van der Waals surface area contributed by atoms with Gasteiger partial charge in [0.2, 0.25) is 0 Å². The highest BCUT2D eigenvalue weighted by Crippen LogP contribution is 2.39. The van der Waals surface area contributed by atoms with Crippen LogP contribution in [0.25, 0.3) is 0 Å². The number of sulfone groups is 1. The third kappa shape index (κ3) is 2.24. The van der Waals surface area contributed by atoms with E-state index in [1.54, 1.807) is 12.1 Å². The van der Waals surface area contributed by atoms with Gasteiger partial charge in [0.05, 0.1) is 12.0 Å². The molecule has 0 heterocycles. The molecule has 3 rings (SSSR count). The fourth-order valence-corrected chi connectivity index (χ4v) is 4.95. The number of esters is 1. The fourth-order valence-electron chi connectivity index (χ4n) is 2.96. The first-order chi connectivity index (χ1) is 9.54. The van der Waals surface area contributed by atoms with Crippen molar-refractivity contribution in [2.75, 3.05) is 7.11 Å². The van der Waals surface area contributed by atoms with Crippen LogP contribution >= 0.6 is 0 Å². The summed E-state index contributed by atoms with van der Waals surface area (Å²) in [5.74, 6) is -0.714. The van der Waals surface area contributed by atoms with E-state index in [-0.39, 0.29) is 10.8 Å². The molecule has 0 amide bonds. The van der Waals surface area contributed by atoms with Gasteiger partial charge in [-0.3, -0.25) is 4.79 Å². The lowest BCUT2D eigenvalue weighted by atomic mass is 10.1. The summed E-state index contributed by atoms with van der Waals surface area (Å²) in [5.41, 5.74) is 2.33. The van der Waals surface area contributed by atoms with Crippen LogP contribution in [0.1, 0.15) is 30.4 Å². The molecule has 4 nitrogen and oxygen atoms in total. The van der Waals surface area contributed by atoms with Crippen molar-refractivity contribution in [3.8, 4) is 0 Å². The summed E-state index contributed by atoms with van der Waals surface area (Å²) in [7, 11) is -2.40. The van der Waals surface area contributed by atoms with Gasteiger partial charge >= 0.3 is 5.97 Å². The maximum atomic E-state index is 12.7. The number of benzene rings is 1. The van der Waals surface area contributed by atoms with E-state index in [1.165, 1.54) is 12.7 Å². The quantitative estimate of drug-likeness (QED) is 0.796.